The molecule has 136 valence electrons. The first-order chi connectivity index (χ1) is 10.9. The Morgan fingerprint density at radius 1 is 0.870 bits per heavy atom. The van der Waals surface area contributed by atoms with Crippen LogP contribution in [0.25, 0.3) is 0 Å². The summed E-state index contributed by atoms with van der Waals surface area (Å²) in [4.78, 5) is 22.7. The van der Waals surface area contributed by atoms with Crippen molar-refractivity contribution < 1.29 is 22.2 Å². The molecule has 0 radical (unpaired) electrons. The molecule has 0 atom stereocenters. The van der Waals surface area contributed by atoms with Gasteiger partial charge in [-0.2, -0.15) is 8.42 Å². The minimum Gasteiger partial charge on any atom is -0.355 e. The van der Waals surface area contributed by atoms with Crippen LogP contribution < -0.4 is 5.32 Å². The van der Waals surface area contributed by atoms with Crippen molar-refractivity contribution in [1.82, 2.24) is 5.32 Å². The van der Waals surface area contributed by atoms with Gasteiger partial charge in [0.25, 0.3) is 0 Å². The summed E-state index contributed by atoms with van der Waals surface area (Å²) >= 11 is 0. The van der Waals surface area contributed by atoms with Crippen LogP contribution in [-0.4, -0.2) is 32.6 Å². The molecule has 0 unspecified atom stereocenters. The van der Waals surface area contributed by atoms with E-state index in [0.717, 1.165) is 19.3 Å². The summed E-state index contributed by atoms with van der Waals surface area (Å²) in [5, 5.41) is 2.35. The van der Waals surface area contributed by atoms with Gasteiger partial charge in [0.1, 0.15) is 0 Å². The molecule has 0 aliphatic heterocycles. The quantitative estimate of drug-likeness (QED) is 0.385. The Morgan fingerprint density at radius 3 is 1.91 bits per heavy atom. The van der Waals surface area contributed by atoms with Gasteiger partial charge in [0.15, 0.2) is 5.75 Å². The van der Waals surface area contributed by atoms with E-state index < -0.39 is 27.7 Å². The highest BCUT2D eigenvalue weighted by atomic mass is 32.2. The van der Waals surface area contributed by atoms with Gasteiger partial charge in [-0.15, -0.1) is 0 Å². The van der Waals surface area contributed by atoms with E-state index in [1.54, 1.807) is 6.92 Å². The second-order valence-electron chi connectivity index (χ2n) is 5.69. The molecular formula is C16H31NO5S. The van der Waals surface area contributed by atoms with Crippen LogP contribution in [0.1, 0.15) is 78.1 Å². The third kappa shape index (κ3) is 14.2. The van der Waals surface area contributed by atoms with Gasteiger partial charge in [0.2, 0.25) is 5.91 Å². The summed E-state index contributed by atoms with van der Waals surface area (Å²) in [7, 11) is -4.12. The molecule has 0 spiro atoms. The predicted molar refractivity (Wildman–Crippen MR) is 90.4 cm³/mol. The molecule has 0 aromatic rings. The van der Waals surface area contributed by atoms with Crippen molar-refractivity contribution >= 4 is 22.0 Å². The Labute approximate surface area is 140 Å². The van der Waals surface area contributed by atoms with Crippen molar-refractivity contribution in [1.29, 1.82) is 0 Å². The first-order valence-electron chi connectivity index (χ1n) is 8.63. The standard InChI is InChI=1S/C16H31NO5S/c1-3-5-6-7-8-9-10-11-12-13-16(19)22-23(20,21)14-15(18)17-4-2/h3-14H2,1-2H3,(H,17,18). The van der Waals surface area contributed by atoms with Crippen LogP contribution in [0.5, 0.6) is 0 Å². The third-order valence-electron chi connectivity index (χ3n) is 3.39. The van der Waals surface area contributed by atoms with E-state index >= 15 is 0 Å². The average molecular weight is 349 g/mol. The van der Waals surface area contributed by atoms with Crippen LogP contribution in [-0.2, 0) is 23.9 Å². The van der Waals surface area contributed by atoms with E-state index in [2.05, 4.69) is 16.4 Å². The maximum atomic E-state index is 11.5. The summed E-state index contributed by atoms with van der Waals surface area (Å²) in [5.74, 6) is -2.26. The topological polar surface area (TPSA) is 89.5 Å². The number of amides is 1. The number of hydrogen-bond acceptors (Lipinski definition) is 5. The summed E-state index contributed by atoms with van der Waals surface area (Å²) in [6.07, 6.45) is 10.1. The summed E-state index contributed by atoms with van der Waals surface area (Å²) < 4.78 is 27.4. The molecule has 0 aromatic heterocycles. The predicted octanol–water partition coefficient (Wildman–Crippen LogP) is 2.92. The molecule has 0 rings (SSSR count). The second-order valence-corrected chi connectivity index (χ2v) is 7.26. The fourth-order valence-electron chi connectivity index (χ4n) is 2.20. The van der Waals surface area contributed by atoms with Crippen molar-refractivity contribution in [2.75, 3.05) is 12.3 Å². The minimum absolute atomic E-state index is 0.0739. The van der Waals surface area contributed by atoms with Crippen molar-refractivity contribution in [3.05, 3.63) is 0 Å². The smallest absolute Gasteiger partial charge is 0.322 e. The molecule has 23 heavy (non-hydrogen) atoms. The second kappa shape index (κ2) is 13.3. The minimum atomic E-state index is -4.12. The molecule has 1 N–H and O–H groups in total. The summed E-state index contributed by atoms with van der Waals surface area (Å²) in [6, 6.07) is 0. The van der Waals surface area contributed by atoms with Crippen LogP contribution in [0, 0.1) is 0 Å². The maximum absolute atomic E-state index is 11.5. The lowest BCUT2D eigenvalue weighted by atomic mass is 10.1. The number of rotatable bonds is 14. The van der Waals surface area contributed by atoms with Gasteiger partial charge in [-0.05, 0) is 13.3 Å². The van der Waals surface area contributed by atoms with Crippen LogP contribution in [0.4, 0.5) is 0 Å². The molecule has 0 heterocycles. The van der Waals surface area contributed by atoms with Crippen molar-refractivity contribution in [3.8, 4) is 0 Å². The van der Waals surface area contributed by atoms with Crippen molar-refractivity contribution in [2.45, 2.75) is 78.1 Å². The Bertz CT molecular complexity index is 434. The zero-order chi connectivity index (χ0) is 17.6. The summed E-state index contributed by atoms with van der Waals surface area (Å²) in [5.41, 5.74) is 0. The zero-order valence-electron chi connectivity index (χ0n) is 14.4. The highest BCUT2D eigenvalue weighted by Crippen LogP contribution is 2.11. The van der Waals surface area contributed by atoms with E-state index in [1.165, 1.54) is 32.1 Å². The number of unbranched alkanes of at least 4 members (excludes halogenated alkanes) is 8. The number of nitrogens with one attached hydrogen (secondary N) is 1. The largest absolute Gasteiger partial charge is 0.355 e. The Hall–Kier alpha value is -1.11. The zero-order valence-corrected chi connectivity index (χ0v) is 15.3. The van der Waals surface area contributed by atoms with Crippen molar-refractivity contribution in [3.63, 3.8) is 0 Å². The number of carbonyl (C=O) groups is 2. The van der Waals surface area contributed by atoms with Crippen LogP contribution in [0.2, 0.25) is 0 Å². The lowest BCUT2D eigenvalue weighted by molar-refractivity contribution is -0.133. The number of hydrogen-bond donors (Lipinski definition) is 1. The van der Waals surface area contributed by atoms with E-state index in [-0.39, 0.29) is 6.42 Å². The van der Waals surface area contributed by atoms with Gasteiger partial charge >= 0.3 is 16.1 Å². The lowest BCUT2D eigenvalue weighted by Crippen LogP contribution is -2.31. The van der Waals surface area contributed by atoms with Gasteiger partial charge < -0.3 is 9.50 Å². The molecular weight excluding hydrogens is 318 g/mol. The van der Waals surface area contributed by atoms with E-state index in [0.29, 0.717) is 13.0 Å². The monoisotopic (exact) mass is 349 g/mol. The first kappa shape index (κ1) is 21.9. The SMILES string of the molecule is CCCCCCCCCCCC(=O)OS(=O)(=O)CC(=O)NCC. The van der Waals surface area contributed by atoms with Gasteiger partial charge in [-0.25, -0.2) is 0 Å². The highest BCUT2D eigenvalue weighted by Gasteiger charge is 2.20. The van der Waals surface area contributed by atoms with Gasteiger partial charge in [0, 0.05) is 13.0 Å². The molecule has 0 aromatic carbocycles. The fraction of sp³-hybridized carbons (Fsp3) is 0.875. The van der Waals surface area contributed by atoms with Gasteiger partial charge in [-0.1, -0.05) is 58.3 Å². The fourth-order valence-corrected chi connectivity index (χ4v) is 3.05. The van der Waals surface area contributed by atoms with E-state index in [4.69, 9.17) is 0 Å². The molecule has 0 saturated carbocycles. The van der Waals surface area contributed by atoms with Crippen LogP contribution in [0.3, 0.4) is 0 Å². The molecule has 6 nitrogen and oxygen atoms in total. The lowest BCUT2D eigenvalue weighted by Gasteiger charge is -2.06. The van der Waals surface area contributed by atoms with Crippen LogP contribution >= 0.6 is 0 Å². The third-order valence-corrected chi connectivity index (χ3v) is 4.44. The average Bonchev–Trinajstić information content (AvgIpc) is 2.44. The molecule has 7 heteroatoms. The molecule has 0 aliphatic rings. The maximum Gasteiger partial charge on any atom is 0.322 e. The van der Waals surface area contributed by atoms with E-state index in [9.17, 15) is 18.0 Å². The summed E-state index contributed by atoms with van der Waals surface area (Å²) in [6.45, 7) is 4.20. The van der Waals surface area contributed by atoms with Gasteiger partial charge in [0.05, 0.1) is 0 Å². The molecule has 0 bridgehead atoms. The highest BCUT2D eigenvalue weighted by molar-refractivity contribution is 7.87. The first-order valence-corrected chi connectivity index (χ1v) is 10.2. The molecule has 1 amide bonds. The Kier molecular flexibility index (Phi) is 12.7. The van der Waals surface area contributed by atoms with E-state index in [1.807, 2.05) is 0 Å². The van der Waals surface area contributed by atoms with Crippen molar-refractivity contribution in [2.24, 2.45) is 0 Å². The van der Waals surface area contributed by atoms with Gasteiger partial charge in [-0.3, -0.25) is 9.59 Å². The Balaban J connectivity index is 3.68. The molecule has 0 fully saturated rings. The number of carbonyl (C=O) groups excluding carboxylic acids is 2. The Morgan fingerprint density at radius 2 is 1.39 bits per heavy atom. The normalized spacial score (nSPS) is 11.2. The van der Waals surface area contributed by atoms with Crippen LogP contribution in [0.15, 0.2) is 0 Å². The molecule has 0 saturated heterocycles. The molecule has 0 aliphatic carbocycles.